The van der Waals surface area contributed by atoms with Crippen molar-refractivity contribution in [2.45, 2.75) is 37.6 Å². The van der Waals surface area contributed by atoms with E-state index < -0.39 is 5.54 Å². The van der Waals surface area contributed by atoms with Crippen LogP contribution in [0.5, 0.6) is 5.75 Å². The van der Waals surface area contributed by atoms with Crippen LogP contribution in [0, 0.1) is 0 Å². The Hall–Kier alpha value is -2.76. The molecule has 138 valence electrons. The number of carbonyl (C=O) groups excluding carboxylic acids is 2. The summed E-state index contributed by atoms with van der Waals surface area (Å²) in [5, 5.41) is 3.73. The minimum Gasteiger partial charge on any atom is -0.493 e. The Morgan fingerprint density at radius 3 is 2.65 bits per heavy atom. The van der Waals surface area contributed by atoms with Gasteiger partial charge in [0.15, 0.2) is 11.3 Å². The van der Waals surface area contributed by atoms with Crippen molar-refractivity contribution < 1.29 is 23.5 Å². The standard InChI is InChI=1S/C20H23NO5/c1-24-16-8-6-7-14-13-15(26-18(14)16)9-10-17(22)21-20(19(23)25-2)11-4-3-5-12-20/h6-10,13H,3-5,11-12H2,1-2H3,(H,21,22). The smallest absolute Gasteiger partial charge is 0.331 e. The number of amides is 1. The molecule has 1 amide bonds. The molecule has 1 N–H and O–H groups in total. The van der Waals surface area contributed by atoms with E-state index in [0.717, 1.165) is 24.6 Å². The van der Waals surface area contributed by atoms with Crippen molar-refractivity contribution in [3.8, 4) is 5.75 Å². The maximum Gasteiger partial charge on any atom is 0.331 e. The molecule has 26 heavy (non-hydrogen) atoms. The van der Waals surface area contributed by atoms with Gasteiger partial charge in [-0.2, -0.15) is 0 Å². The summed E-state index contributed by atoms with van der Waals surface area (Å²) in [6, 6.07) is 7.43. The predicted octanol–water partition coefficient (Wildman–Crippen LogP) is 3.45. The number of hydrogen-bond acceptors (Lipinski definition) is 5. The number of ether oxygens (including phenoxy) is 2. The maximum absolute atomic E-state index is 12.4. The Morgan fingerprint density at radius 1 is 1.19 bits per heavy atom. The lowest BCUT2D eigenvalue weighted by atomic mass is 9.81. The Morgan fingerprint density at radius 2 is 1.96 bits per heavy atom. The molecule has 1 heterocycles. The molecular formula is C20H23NO5. The molecule has 1 aromatic heterocycles. The van der Waals surface area contributed by atoms with E-state index in [1.54, 1.807) is 13.2 Å². The number of hydrogen-bond donors (Lipinski definition) is 1. The van der Waals surface area contributed by atoms with Gasteiger partial charge in [-0.05, 0) is 31.1 Å². The van der Waals surface area contributed by atoms with Crippen molar-refractivity contribution in [2.75, 3.05) is 14.2 Å². The molecule has 6 heteroatoms. The van der Waals surface area contributed by atoms with Gasteiger partial charge < -0.3 is 19.2 Å². The molecule has 1 aromatic carbocycles. The largest absolute Gasteiger partial charge is 0.493 e. The minimum absolute atomic E-state index is 0.343. The number of benzene rings is 1. The highest BCUT2D eigenvalue weighted by atomic mass is 16.5. The monoisotopic (exact) mass is 357 g/mol. The van der Waals surface area contributed by atoms with Crippen molar-refractivity contribution in [2.24, 2.45) is 0 Å². The van der Waals surface area contributed by atoms with Crippen molar-refractivity contribution >= 4 is 28.9 Å². The molecule has 1 aliphatic rings. The molecule has 2 aromatic rings. The number of methoxy groups -OCH3 is 2. The van der Waals surface area contributed by atoms with E-state index in [2.05, 4.69) is 5.32 Å². The van der Waals surface area contributed by atoms with Gasteiger partial charge in [0.1, 0.15) is 11.3 Å². The van der Waals surface area contributed by atoms with E-state index in [1.165, 1.54) is 13.2 Å². The van der Waals surface area contributed by atoms with Gasteiger partial charge in [0.25, 0.3) is 0 Å². The van der Waals surface area contributed by atoms with Gasteiger partial charge in [-0.3, -0.25) is 4.79 Å². The lowest BCUT2D eigenvalue weighted by Gasteiger charge is -2.34. The SMILES string of the molecule is COC(=O)C1(NC(=O)C=Cc2cc3cccc(OC)c3o2)CCCCC1. The number of para-hydroxylation sites is 1. The van der Waals surface area contributed by atoms with Gasteiger partial charge in [-0.1, -0.05) is 31.4 Å². The lowest BCUT2D eigenvalue weighted by molar-refractivity contribution is -0.152. The second kappa shape index (κ2) is 7.64. The van der Waals surface area contributed by atoms with Crippen molar-refractivity contribution in [1.82, 2.24) is 5.32 Å². The quantitative estimate of drug-likeness (QED) is 0.655. The summed E-state index contributed by atoms with van der Waals surface area (Å²) < 4.78 is 15.9. The molecule has 0 bridgehead atoms. The fraction of sp³-hybridized carbons (Fsp3) is 0.400. The highest BCUT2D eigenvalue weighted by Crippen LogP contribution is 2.30. The molecule has 0 spiro atoms. The predicted molar refractivity (Wildman–Crippen MR) is 97.8 cm³/mol. The Kier molecular flexibility index (Phi) is 5.30. The summed E-state index contributed by atoms with van der Waals surface area (Å²) in [6.45, 7) is 0. The third-order valence-electron chi connectivity index (χ3n) is 4.79. The molecule has 0 saturated heterocycles. The van der Waals surface area contributed by atoms with Crippen LogP contribution in [0.15, 0.2) is 34.8 Å². The third-order valence-corrected chi connectivity index (χ3v) is 4.79. The first-order valence-corrected chi connectivity index (χ1v) is 8.73. The highest BCUT2D eigenvalue weighted by Gasteiger charge is 2.41. The van der Waals surface area contributed by atoms with E-state index >= 15 is 0 Å². The number of esters is 1. The molecule has 1 fully saturated rings. The van der Waals surface area contributed by atoms with Crippen LogP contribution in [-0.2, 0) is 14.3 Å². The minimum atomic E-state index is -0.925. The number of fused-ring (bicyclic) bond motifs is 1. The third kappa shape index (κ3) is 3.59. The molecule has 0 radical (unpaired) electrons. The Bertz CT molecular complexity index is 830. The van der Waals surface area contributed by atoms with Crippen LogP contribution in [-0.4, -0.2) is 31.6 Å². The van der Waals surface area contributed by atoms with Crippen LogP contribution in [0.1, 0.15) is 37.9 Å². The van der Waals surface area contributed by atoms with E-state index in [1.807, 2.05) is 24.3 Å². The van der Waals surface area contributed by atoms with E-state index in [9.17, 15) is 9.59 Å². The van der Waals surface area contributed by atoms with E-state index in [4.69, 9.17) is 13.9 Å². The van der Waals surface area contributed by atoms with Gasteiger partial charge >= 0.3 is 5.97 Å². The average Bonchev–Trinajstić information content (AvgIpc) is 3.09. The maximum atomic E-state index is 12.4. The van der Waals surface area contributed by atoms with Crippen molar-refractivity contribution in [3.05, 3.63) is 36.1 Å². The fourth-order valence-corrected chi connectivity index (χ4v) is 3.47. The molecule has 3 rings (SSSR count). The van der Waals surface area contributed by atoms with E-state index in [0.29, 0.717) is 29.9 Å². The molecule has 1 aliphatic carbocycles. The normalized spacial score (nSPS) is 16.5. The zero-order valence-corrected chi connectivity index (χ0v) is 15.0. The summed E-state index contributed by atoms with van der Waals surface area (Å²) in [5.41, 5.74) is -0.292. The average molecular weight is 357 g/mol. The van der Waals surface area contributed by atoms with Crippen LogP contribution < -0.4 is 10.1 Å². The molecule has 6 nitrogen and oxygen atoms in total. The van der Waals surface area contributed by atoms with Gasteiger partial charge in [0.05, 0.1) is 14.2 Å². The van der Waals surface area contributed by atoms with Crippen LogP contribution in [0.2, 0.25) is 0 Å². The van der Waals surface area contributed by atoms with Gasteiger partial charge in [-0.15, -0.1) is 0 Å². The summed E-state index contributed by atoms with van der Waals surface area (Å²) in [6.07, 6.45) is 7.00. The van der Waals surface area contributed by atoms with Crippen LogP contribution >= 0.6 is 0 Å². The lowest BCUT2D eigenvalue weighted by Crippen LogP contribution is -2.55. The first kappa shape index (κ1) is 18.0. The van der Waals surface area contributed by atoms with Gasteiger partial charge in [0.2, 0.25) is 5.91 Å². The van der Waals surface area contributed by atoms with Crippen LogP contribution in [0.3, 0.4) is 0 Å². The molecule has 0 unspecified atom stereocenters. The van der Waals surface area contributed by atoms with E-state index in [-0.39, 0.29) is 11.9 Å². The molecule has 0 atom stereocenters. The number of furan rings is 1. The topological polar surface area (TPSA) is 77.8 Å². The zero-order valence-electron chi connectivity index (χ0n) is 15.0. The van der Waals surface area contributed by atoms with Gasteiger partial charge in [0, 0.05) is 11.5 Å². The second-order valence-electron chi connectivity index (χ2n) is 6.48. The second-order valence-corrected chi connectivity index (χ2v) is 6.48. The summed E-state index contributed by atoms with van der Waals surface area (Å²) in [4.78, 5) is 24.6. The molecule has 0 aliphatic heterocycles. The van der Waals surface area contributed by atoms with Crippen LogP contribution in [0.4, 0.5) is 0 Å². The molecule has 1 saturated carbocycles. The Labute approximate surface area is 152 Å². The van der Waals surface area contributed by atoms with Crippen molar-refractivity contribution in [3.63, 3.8) is 0 Å². The van der Waals surface area contributed by atoms with Crippen molar-refractivity contribution in [1.29, 1.82) is 0 Å². The van der Waals surface area contributed by atoms with Crippen LogP contribution in [0.25, 0.3) is 17.0 Å². The van der Waals surface area contributed by atoms with Gasteiger partial charge in [-0.25, -0.2) is 4.79 Å². The number of rotatable bonds is 5. The summed E-state index contributed by atoms with van der Waals surface area (Å²) in [5.74, 6) is 0.450. The molecular weight excluding hydrogens is 334 g/mol. The summed E-state index contributed by atoms with van der Waals surface area (Å²) >= 11 is 0. The first-order valence-electron chi connectivity index (χ1n) is 8.73. The Balaban J connectivity index is 1.75. The number of nitrogens with one attached hydrogen (secondary N) is 1. The first-order chi connectivity index (χ1) is 12.6. The highest BCUT2D eigenvalue weighted by molar-refractivity contribution is 5.96. The summed E-state index contributed by atoms with van der Waals surface area (Å²) in [7, 11) is 2.93. The fourth-order valence-electron chi connectivity index (χ4n) is 3.47. The number of carbonyl (C=O) groups is 2. The zero-order chi connectivity index (χ0) is 18.6.